The van der Waals surface area contributed by atoms with Gasteiger partial charge in [-0.3, -0.25) is 14.4 Å². The van der Waals surface area contributed by atoms with Gasteiger partial charge in [0.2, 0.25) is 11.8 Å². The number of aliphatic hydroxyl groups is 1. The van der Waals surface area contributed by atoms with Gasteiger partial charge >= 0.3 is 5.97 Å². The molecule has 2 amide bonds. The number of fused-ring (bicyclic) bond motifs is 1. The zero-order valence-electron chi connectivity index (χ0n) is 17.8. The van der Waals surface area contributed by atoms with Crippen LogP contribution in [0, 0.1) is 11.8 Å². The largest absolute Gasteiger partial charge is 0.466 e. The molecule has 9 heteroatoms. The first kappa shape index (κ1) is 23.6. The molecule has 30 heavy (non-hydrogen) atoms. The van der Waals surface area contributed by atoms with Gasteiger partial charge in [-0.1, -0.05) is 22.0 Å². The molecule has 0 radical (unpaired) electrons. The Morgan fingerprint density at radius 2 is 2.20 bits per heavy atom. The second-order valence-electron chi connectivity index (χ2n) is 8.40. The number of thioether (sulfide) groups is 1. The van der Waals surface area contributed by atoms with E-state index in [9.17, 15) is 19.5 Å². The van der Waals surface area contributed by atoms with E-state index in [0.717, 1.165) is 0 Å². The standard InChI is InChI=1S/C21H31BrN2O5S/c1-5-8-23(12(3)4)19(27)17-21-11-13(22)16(30-21)14(20(28)29-6-2)15(21)18(26)24(17)9-7-10-25/h5,12-17,25H,1,6-11H2,2-4H3/t13?,14-,15-,16-,17?,21?/m0/s1. The van der Waals surface area contributed by atoms with Gasteiger partial charge in [0.1, 0.15) is 6.04 Å². The van der Waals surface area contributed by atoms with E-state index in [2.05, 4.69) is 22.5 Å². The summed E-state index contributed by atoms with van der Waals surface area (Å²) in [5.41, 5.74) is 0. The van der Waals surface area contributed by atoms with Crippen molar-refractivity contribution in [1.82, 2.24) is 9.80 Å². The molecule has 3 rings (SSSR count). The van der Waals surface area contributed by atoms with E-state index in [1.54, 1.807) is 34.6 Å². The Bertz CT molecular complexity index is 720. The maximum absolute atomic E-state index is 13.8. The molecule has 3 saturated heterocycles. The van der Waals surface area contributed by atoms with Crippen molar-refractivity contribution in [3.63, 3.8) is 0 Å². The average molecular weight is 503 g/mol. The highest BCUT2D eigenvalue weighted by atomic mass is 79.9. The molecule has 0 saturated carbocycles. The summed E-state index contributed by atoms with van der Waals surface area (Å²) < 4.78 is 4.65. The van der Waals surface area contributed by atoms with Crippen LogP contribution < -0.4 is 0 Å². The Morgan fingerprint density at radius 3 is 2.77 bits per heavy atom. The van der Waals surface area contributed by atoms with E-state index in [0.29, 0.717) is 19.4 Å². The molecule has 2 bridgehead atoms. The maximum atomic E-state index is 13.8. The van der Waals surface area contributed by atoms with E-state index in [4.69, 9.17) is 4.74 Å². The van der Waals surface area contributed by atoms with Gasteiger partial charge in [0, 0.05) is 35.8 Å². The number of hydrogen-bond acceptors (Lipinski definition) is 6. The molecule has 3 aliphatic rings. The fourth-order valence-electron chi connectivity index (χ4n) is 5.25. The lowest BCUT2D eigenvalue weighted by molar-refractivity contribution is -0.153. The highest BCUT2D eigenvalue weighted by Gasteiger charge is 2.76. The molecule has 6 atom stereocenters. The summed E-state index contributed by atoms with van der Waals surface area (Å²) >= 11 is 5.31. The summed E-state index contributed by atoms with van der Waals surface area (Å²) in [5.74, 6) is -1.79. The Hall–Kier alpha value is -1.06. The third-order valence-corrected chi connectivity index (χ3v) is 9.59. The fourth-order valence-corrected chi connectivity index (χ4v) is 8.84. The van der Waals surface area contributed by atoms with Gasteiger partial charge < -0.3 is 19.6 Å². The number of rotatable bonds is 9. The molecule has 7 nitrogen and oxygen atoms in total. The third kappa shape index (κ3) is 3.60. The summed E-state index contributed by atoms with van der Waals surface area (Å²) in [6.07, 6.45) is 2.72. The number of nitrogens with zero attached hydrogens (tertiary/aromatic N) is 2. The number of ether oxygens (including phenoxy) is 1. The lowest BCUT2D eigenvalue weighted by atomic mass is 9.71. The fraction of sp³-hybridized carbons (Fsp3) is 0.762. The molecule has 0 aromatic rings. The van der Waals surface area contributed by atoms with E-state index in [-0.39, 0.29) is 53.7 Å². The van der Waals surface area contributed by atoms with Gasteiger partial charge in [-0.05, 0) is 33.6 Å². The third-order valence-electron chi connectivity index (χ3n) is 6.37. The van der Waals surface area contributed by atoms with Crippen LogP contribution >= 0.6 is 27.7 Å². The number of halogens is 1. The van der Waals surface area contributed by atoms with Crippen LogP contribution in [0.5, 0.6) is 0 Å². The number of alkyl halides is 1. The molecular formula is C21H31BrN2O5S. The number of carbonyl (C=O) groups excluding carboxylic acids is 3. The summed E-state index contributed by atoms with van der Waals surface area (Å²) in [4.78, 5) is 43.6. The van der Waals surface area contributed by atoms with Gasteiger partial charge in [0.05, 0.1) is 23.2 Å². The number of carbonyl (C=O) groups is 3. The van der Waals surface area contributed by atoms with E-state index >= 15 is 0 Å². The SMILES string of the molecule is C=CCN(C(=O)C1N(CCCO)C(=O)[C@@H]2[C@H](C(=O)OCC)[C@H]3SC12CC3Br)C(C)C. The van der Waals surface area contributed by atoms with Crippen LogP contribution in [-0.2, 0) is 19.1 Å². The lowest BCUT2D eigenvalue weighted by Crippen LogP contribution is -2.56. The summed E-state index contributed by atoms with van der Waals surface area (Å²) in [5, 5.41) is 9.27. The Morgan fingerprint density at radius 1 is 1.50 bits per heavy atom. The van der Waals surface area contributed by atoms with Crippen molar-refractivity contribution in [3.8, 4) is 0 Å². The topological polar surface area (TPSA) is 87.2 Å². The quantitative estimate of drug-likeness (QED) is 0.294. The Kier molecular flexibility index (Phi) is 7.24. The number of likely N-dealkylation sites (tertiary alicyclic amines) is 1. The first-order valence-electron chi connectivity index (χ1n) is 10.6. The van der Waals surface area contributed by atoms with E-state index < -0.39 is 22.6 Å². The number of amides is 2. The molecule has 1 spiro atoms. The molecule has 3 aliphatic heterocycles. The van der Waals surface area contributed by atoms with Gasteiger partial charge in [-0.15, -0.1) is 18.3 Å². The molecule has 0 aliphatic carbocycles. The van der Waals surface area contributed by atoms with Crippen molar-refractivity contribution < 1.29 is 24.2 Å². The number of hydrogen-bond donors (Lipinski definition) is 1. The second kappa shape index (κ2) is 9.20. The van der Waals surface area contributed by atoms with Crippen molar-refractivity contribution in [3.05, 3.63) is 12.7 Å². The first-order valence-corrected chi connectivity index (χ1v) is 12.4. The van der Waals surface area contributed by atoms with Crippen LogP contribution in [-0.4, -0.2) is 85.9 Å². The van der Waals surface area contributed by atoms with Crippen molar-refractivity contribution in [2.75, 3.05) is 26.3 Å². The molecular weight excluding hydrogens is 472 g/mol. The van der Waals surface area contributed by atoms with Gasteiger partial charge in [-0.25, -0.2) is 0 Å². The molecule has 3 heterocycles. The molecule has 3 unspecified atom stereocenters. The normalized spacial score (nSPS) is 34.4. The monoisotopic (exact) mass is 502 g/mol. The molecule has 0 aromatic heterocycles. The zero-order valence-corrected chi connectivity index (χ0v) is 20.2. The molecule has 3 fully saturated rings. The van der Waals surface area contributed by atoms with Gasteiger partial charge in [-0.2, -0.15) is 0 Å². The molecule has 1 N–H and O–H groups in total. The summed E-state index contributed by atoms with van der Waals surface area (Å²) in [6, 6.07) is -0.719. The highest BCUT2D eigenvalue weighted by Crippen LogP contribution is 2.68. The Balaban J connectivity index is 2.05. The van der Waals surface area contributed by atoms with Crippen molar-refractivity contribution >= 4 is 45.5 Å². The van der Waals surface area contributed by atoms with Crippen molar-refractivity contribution in [1.29, 1.82) is 0 Å². The highest BCUT2D eigenvalue weighted by molar-refractivity contribution is 9.09. The zero-order chi connectivity index (χ0) is 22.2. The smallest absolute Gasteiger partial charge is 0.310 e. The Labute approximate surface area is 190 Å². The number of aliphatic hydroxyl groups excluding tert-OH is 1. The molecule has 168 valence electrons. The van der Waals surface area contributed by atoms with Crippen LogP contribution in [0.15, 0.2) is 12.7 Å². The van der Waals surface area contributed by atoms with Crippen LogP contribution in [0.25, 0.3) is 0 Å². The van der Waals surface area contributed by atoms with Gasteiger partial charge in [0.15, 0.2) is 0 Å². The van der Waals surface area contributed by atoms with E-state index in [1.807, 2.05) is 13.8 Å². The van der Waals surface area contributed by atoms with Crippen molar-refractivity contribution in [2.45, 2.75) is 60.5 Å². The summed E-state index contributed by atoms with van der Waals surface area (Å²) in [6.45, 7) is 10.3. The first-order chi connectivity index (χ1) is 14.2. The minimum Gasteiger partial charge on any atom is -0.466 e. The summed E-state index contributed by atoms with van der Waals surface area (Å²) in [7, 11) is 0. The molecule has 0 aromatic carbocycles. The van der Waals surface area contributed by atoms with Crippen LogP contribution in [0.1, 0.15) is 33.6 Å². The van der Waals surface area contributed by atoms with Crippen LogP contribution in [0.2, 0.25) is 0 Å². The van der Waals surface area contributed by atoms with Crippen molar-refractivity contribution in [2.24, 2.45) is 11.8 Å². The predicted molar refractivity (Wildman–Crippen MR) is 119 cm³/mol. The van der Waals surface area contributed by atoms with E-state index in [1.165, 1.54) is 0 Å². The minimum atomic E-state index is -0.672. The second-order valence-corrected chi connectivity index (χ2v) is 11.1. The van der Waals surface area contributed by atoms with Crippen LogP contribution in [0.4, 0.5) is 0 Å². The minimum absolute atomic E-state index is 0.0287. The average Bonchev–Trinajstić information content (AvgIpc) is 3.27. The number of esters is 1. The van der Waals surface area contributed by atoms with Gasteiger partial charge in [0.25, 0.3) is 0 Å². The lowest BCUT2D eigenvalue weighted by Gasteiger charge is -2.39. The predicted octanol–water partition coefficient (Wildman–Crippen LogP) is 1.82. The van der Waals surface area contributed by atoms with Crippen LogP contribution in [0.3, 0.4) is 0 Å². The maximum Gasteiger partial charge on any atom is 0.310 e.